The Bertz CT molecular complexity index is 361. The zero-order valence-corrected chi connectivity index (χ0v) is 13.6. The maximum atomic E-state index is 12.5. The van der Waals surface area contributed by atoms with E-state index in [-0.39, 0.29) is 11.7 Å². The van der Waals surface area contributed by atoms with Crippen molar-refractivity contribution in [2.45, 2.75) is 46.5 Å². The monoisotopic (exact) mass is 298 g/mol. The average molecular weight is 298 g/mol. The summed E-state index contributed by atoms with van der Waals surface area (Å²) in [6.07, 6.45) is 3.59. The molecule has 0 radical (unpaired) electrons. The minimum absolute atomic E-state index is 0.00260. The van der Waals surface area contributed by atoms with Crippen molar-refractivity contribution in [3.8, 4) is 0 Å². The van der Waals surface area contributed by atoms with Crippen molar-refractivity contribution in [3.05, 3.63) is 0 Å². The van der Waals surface area contributed by atoms with Gasteiger partial charge in [-0.05, 0) is 44.7 Å². The third kappa shape index (κ3) is 4.33. The Kier molecular flexibility index (Phi) is 6.95. The van der Waals surface area contributed by atoms with Gasteiger partial charge in [0, 0.05) is 13.1 Å². The first-order valence-corrected chi connectivity index (χ1v) is 7.98. The third-order valence-electron chi connectivity index (χ3n) is 4.62. The molecule has 1 saturated heterocycles. The van der Waals surface area contributed by atoms with Crippen LogP contribution in [-0.2, 0) is 4.79 Å². The second-order valence-electron chi connectivity index (χ2n) is 6.10. The summed E-state index contributed by atoms with van der Waals surface area (Å²) in [4.78, 5) is 14.9. The molecule has 0 saturated carbocycles. The number of likely N-dealkylation sites (tertiary alicyclic amines) is 1. The van der Waals surface area contributed by atoms with E-state index in [0.717, 1.165) is 19.6 Å². The highest BCUT2D eigenvalue weighted by Gasteiger charge is 2.39. The van der Waals surface area contributed by atoms with Gasteiger partial charge in [0.1, 0.15) is 5.41 Å². The second kappa shape index (κ2) is 8.22. The molecule has 1 aliphatic heterocycles. The smallest absolute Gasteiger partial charge is 0.233 e. The van der Waals surface area contributed by atoms with Crippen LogP contribution in [0.3, 0.4) is 0 Å². The number of rotatable bonds is 8. The second-order valence-corrected chi connectivity index (χ2v) is 6.10. The molecular weight excluding hydrogens is 268 g/mol. The lowest BCUT2D eigenvalue weighted by molar-refractivity contribution is -0.128. The number of nitrogens with zero attached hydrogens (tertiary/aromatic N) is 2. The lowest BCUT2D eigenvalue weighted by Crippen LogP contribution is -2.50. The fourth-order valence-electron chi connectivity index (χ4n) is 3.05. The van der Waals surface area contributed by atoms with Crippen LogP contribution in [0.15, 0.2) is 5.16 Å². The summed E-state index contributed by atoms with van der Waals surface area (Å²) in [6, 6.07) is 0. The van der Waals surface area contributed by atoms with Crippen LogP contribution in [0.4, 0.5) is 0 Å². The fraction of sp³-hybridized carbons (Fsp3) is 0.867. The number of hydrogen-bond donors (Lipinski definition) is 3. The molecule has 1 fully saturated rings. The van der Waals surface area contributed by atoms with E-state index < -0.39 is 5.41 Å². The number of amidine groups is 1. The third-order valence-corrected chi connectivity index (χ3v) is 4.62. The van der Waals surface area contributed by atoms with Gasteiger partial charge < -0.3 is 21.2 Å². The molecule has 1 rings (SSSR count). The summed E-state index contributed by atoms with van der Waals surface area (Å²) >= 11 is 0. The Morgan fingerprint density at radius 3 is 2.43 bits per heavy atom. The van der Waals surface area contributed by atoms with Crippen LogP contribution in [-0.4, -0.2) is 48.0 Å². The minimum Gasteiger partial charge on any atom is -0.409 e. The quantitative estimate of drug-likeness (QED) is 0.273. The molecule has 1 heterocycles. The molecule has 6 heteroatoms. The van der Waals surface area contributed by atoms with Gasteiger partial charge in [-0.1, -0.05) is 25.9 Å². The number of carbonyl (C=O) groups excluding carboxylic acids is 1. The van der Waals surface area contributed by atoms with Gasteiger partial charge in [0.25, 0.3) is 0 Å². The van der Waals surface area contributed by atoms with Crippen molar-refractivity contribution in [1.29, 1.82) is 0 Å². The van der Waals surface area contributed by atoms with E-state index in [2.05, 4.69) is 22.3 Å². The molecule has 1 unspecified atom stereocenters. The highest BCUT2D eigenvalue weighted by atomic mass is 16.4. The molecule has 21 heavy (non-hydrogen) atoms. The summed E-state index contributed by atoms with van der Waals surface area (Å²) in [7, 11) is 0. The molecule has 1 aliphatic rings. The molecule has 122 valence electrons. The Hall–Kier alpha value is -1.30. The van der Waals surface area contributed by atoms with E-state index in [1.165, 1.54) is 12.8 Å². The summed E-state index contributed by atoms with van der Waals surface area (Å²) in [5.41, 5.74) is 4.84. The van der Waals surface area contributed by atoms with Gasteiger partial charge in [-0.2, -0.15) is 0 Å². The maximum Gasteiger partial charge on any atom is 0.233 e. The van der Waals surface area contributed by atoms with Crippen LogP contribution in [0, 0.1) is 11.3 Å². The van der Waals surface area contributed by atoms with Crippen molar-refractivity contribution in [2.24, 2.45) is 22.2 Å². The zero-order chi connectivity index (χ0) is 15.9. The first kappa shape index (κ1) is 17.8. The molecule has 1 amide bonds. The number of nitrogens with two attached hydrogens (primary N) is 1. The largest absolute Gasteiger partial charge is 0.409 e. The topological polar surface area (TPSA) is 91.0 Å². The van der Waals surface area contributed by atoms with Gasteiger partial charge in [-0.25, -0.2) is 0 Å². The van der Waals surface area contributed by atoms with Gasteiger partial charge in [0.05, 0.1) is 0 Å². The lowest BCUT2D eigenvalue weighted by atomic mass is 9.80. The van der Waals surface area contributed by atoms with E-state index in [4.69, 9.17) is 10.9 Å². The van der Waals surface area contributed by atoms with Crippen LogP contribution in [0.25, 0.3) is 0 Å². The van der Waals surface area contributed by atoms with Gasteiger partial charge in [0.2, 0.25) is 5.91 Å². The van der Waals surface area contributed by atoms with Crippen LogP contribution < -0.4 is 11.1 Å². The van der Waals surface area contributed by atoms with Gasteiger partial charge in [-0.3, -0.25) is 4.79 Å². The van der Waals surface area contributed by atoms with Crippen LogP contribution in [0.5, 0.6) is 0 Å². The van der Waals surface area contributed by atoms with Crippen molar-refractivity contribution in [3.63, 3.8) is 0 Å². The van der Waals surface area contributed by atoms with Gasteiger partial charge in [-0.15, -0.1) is 0 Å². The number of oxime groups is 1. The predicted octanol–water partition coefficient (Wildman–Crippen LogP) is 1.39. The Morgan fingerprint density at radius 1 is 1.38 bits per heavy atom. The Morgan fingerprint density at radius 2 is 1.95 bits per heavy atom. The molecular formula is C15H30N4O2. The van der Waals surface area contributed by atoms with Crippen molar-refractivity contribution >= 4 is 11.7 Å². The molecule has 1 atom stereocenters. The summed E-state index contributed by atoms with van der Waals surface area (Å²) in [5.74, 6) is 0.249. The van der Waals surface area contributed by atoms with Gasteiger partial charge in [0.15, 0.2) is 5.84 Å². The molecule has 0 aromatic carbocycles. The van der Waals surface area contributed by atoms with Crippen LogP contribution >= 0.6 is 0 Å². The van der Waals surface area contributed by atoms with E-state index >= 15 is 0 Å². The fourth-order valence-corrected chi connectivity index (χ4v) is 3.05. The average Bonchev–Trinajstić information content (AvgIpc) is 2.99. The first-order valence-electron chi connectivity index (χ1n) is 7.98. The predicted molar refractivity (Wildman–Crippen MR) is 84.3 cm³/mol. The van der Waals surface area contributed by atoms with Crippen LogP contribution in [0.2, 0.25) is 0 Å². The van der Waals surface area contributed by atoms with Crippen LogP contribution in [0.1, 0.15) is 46.5 Å². The summed E-state index contributed by atoms with van der Waals surface area (Å²) < 4.78 is 0. The Labute approximate surface area is 127 Å². The highest BCUT2D eigenvalue weighted by molar-refractivity contribution is 6.06. The zero-order valence-electron chi connectivity index (χ0n) is 13.6. The highest BCUT2D eigenvalue weighted by Crippen LogP contribution is 2.27. The molecule has 0 aliphatic carbocycles. The lowest BCUT2D eigenvalue weighted by Gasteiger charge is -2.29. The number of hydrogen-bond acceptors (Lipinski definition) is 4. The molecule has 0 aromatic heterocycles. The van der Waals surface area contributed by atoms with Crippen molar-refractivity contribution < 1.29 is 10.0 Å². The van der Waals surface area contributed by atoms with E-state index in [9.17, 15) is 4.79 Å². The van der Waals surface area contributed by atoms with Gasteiger partial charge >= 0.3 is 0 Å². The number of amides is 1. The van der Waals surface area contributed by atoms with Crippen molar-refractivity contribution in [1.82, 2.24) is 10.2 Å². The number of nitrogens with one attached hydrogen (secondary N) is 1. The SMILES string of the molecule is CCC(CC)(C(=O)NCC(C)CN1CCCC1)C(N)=NO. The molecule has 4 N–H and O–H groups in total. The van der Waals surface area contributed by atoms with Crippen molar-refractivity contribution in [2.75, 3.05) is 26.2 Å². The molecule has 0 spiro atoms. The number of carbonyl (C=O) groups is 1. The normalized spacial score (nSPS) is 18.7. The Balaban J connectivity index is 2.53. The molecule has 0 aromatic rings. The maximum absolute atomic E-state index is 12.5. The van der Waals surface area contributed by atoms with E-state index in [1.54, 1.807) is 0 Å². The molecule has 6 nitrogen and oxygen atoms in total. The standard InChI is InChI=1S/C15H30N4O2/c1-4-15(5-2,13(16)18-21)14(20)17-10-12(3)11-19-8-6-7-9-19/h12,21H,4-11H2,1-3H3,(H2,16,18)(H,17,20). The molecule has 0 bridgehead atoms. The summed E-state index contributed by atoms with van der Waals surface area (Å²) in [6.45, 7) is 9.86. The van der Waals surface area contributed by atoms with E-state index in [0.29, 0.717) is 25.3 Å². The first-order chi connectivity index (χ1) is 10.00. The summed E-state index contributed by atoms with van der Waals surface area (Å²) in [5, 5.41) is 15.0. The van der Waals surface area contributed by atoms with E-state index in [1.807, 2.05) is 13.8 Å². The minimum atomic E-state index is -0.901.